The summed E-state index contributed by atoms with van der Waals surface area (Å²) < 4.78 is 1.78. The van der Waals surface area contributed by atoms with Gasteiger partial charge in [0, 0.05) is 25.0 Å². The van der Waals surface area contributed by atoms with Crippen molar-refractivity contribution in [2.45, 2.75) is 12.5 Å². The Bertz CT molecular complexity index is 1220. The molecule has 158 valence electrons. The Morgan fingerprint density at radius 2 is 1.78 bits per heavy atom. The number of oxime groups is 1. The van der Waals surface area contributed by atoms with Crippen LogP contribution in [0.3, 0.4) is 0 Å². The first-order valence-electron chi connectivity index (χ1n) is 10.4. The molecule has 1 aliphatic heterocycles. The maximum atomic E-state index is 12.5. The minimum atomic E-state index is -0.195. The molecule has 7 nitrogen and oxygen atoms in total. The number of carbonyl (C=O) groups is 1. The van der Waals surface area contributed by atoms with Gasteiger partial charge in [-0.25, -0.2) is 9.97 Å². The minimum Gasteiger partial charge on any atom is -0.390 e. The SMILES string of the molecule is O=C(NC[C@@H]1CC(c2ccc(-c3ccccc3)cc2)=NO1)c1ccc(-n2ccnc2)nc1. The fourth-order valence-corrected chi connectivity index (χ4v) is 3.57. The van der Waals surface area contributed by atoms with E-state index in [4.69, 9.17) is 4.84 Å². The van der Waals surface area contributed by atoms with Crippen molar-refractivity contribution < 1.29 is 9.63 Å². The molecule has 4 aromatic rings. The van der Waals surface area contributed by atoms with Gasteiger partial charge in [0.1, 0.15) is 18.2 Å². The number of pyridine rings is 1. The quantitative estimate of drug-likeness (QED) is 0.511. The fraction of sp³-hybridized carbons (Fsp3) is 0.120. The third kappa shape index (κ3) is 4.27. The molecule has 0 aliphatic carbocycles. The maximum Gasteiger partial charge on any atom is 0.252 e. The summed E-state index contributed by atoms with van der Waals surface area (Å²) in [6.07, 6.45) is 7.14. The average molecular weight is 423 g/mol. The summed E-state index contributed by atoms with van der Waals surface area (Å²) >= 11 is 0. The molecule has 0 spiro atoms. The second-order valence-electron chi connectivity index (χ2n) is 7.50. The average Bonchev–Trinajstić information content (AvgIpc) is 3.56. The van der Waals surface area contributed by atoms with Gasteiger partial charge in [-0.2, -0.15) is 0 Å². The van der Waals surface area contributed by atoms with Gasteiger partial charge in [0.05, 0.1) is 17.8 Å². The van der Waals surface area contributed by atoms with E-state index in [1.165, 1.54) is 5.56 Å². The molecule has 3 heterocycles. The summed E-state index contributed by atoms with van der Waals surface area (Å²) in [7, 11) is 0. The maximum absolute atomic E-state index is 12.5. The number of rotatable bonds is 6. The van der Waals surface area contributed by atoms with Crippen LogP contribution in [0, 0.1) is 0 Å². The van der Waals surface area contributed by atoms with Gasteiger partial charge >= 0.3 is 0 Å². The number of amides is 1. The third-order valence-corrected chi connectivity index (χ3v) is 5.33. The number of aromatic nitrogens is 3. The van der Waals surface area contributed by atoms with Crippen LogP contribution >= 0.6 is 0 Å². The Kier molecular flexibility index (Phi) is 5.45. The van der Waals surface area contributed by atoms with Crippen molar-refractivity contribution in [3.8, 4) is 16.9 Å². The lowest BCUT2D eigenvalue weighted by molar-refractivity contribution is 0.0753. The van der Waals surface area contributed by atoms with Crippen molar-refractivity contribution in [1.82, 2.24) is 19.9 Å². The molecule has 1 amide bonds. The molecule has 32 heavy (non-hydrogen) atoms. The van der Waals surface area contributed by atoms with E-state index in [0.29, 0.717) is 24.3 Å². The van der Waals surface area contributed by atoms with Crippen LogP contribution in [0.5, 0.6) is 0 Å². The van der Waals surface area contributed by atoms with E-state index in [1.54, 1.807) is 41.6 Å². The zero-order valence-electron chi connectivity index (χ0n) is 17.3. The third-order valence-electron chi connectivity index (χ3n) is 5.33. The van der Waals surface area contributed by atoms with Gasteiger partial charge in [-0.3, -0.25) is 9.36 Å². The Morgan fingerprint density at radius 1 is 1.00 bits per heavy atom. The van der Waals surface area contributed by atoms with E-state index in [1.807, 2.05) is 18.2 Å². The Hall–Kier alpha value is -4.26. The second-order valence-corrected chi connectivity index (χ2v) is 7.50. The molecule has 1 aliphatic rings. The van der Waals surface area contributed by atoms with Gasteiger partial charge in [0.15, 0.2) is 0 Å². The number of benzene rings is 2. The molecular weight excluding hydrogens is 402 g/mol. The van der Waals surface area contributed by atoms with Gasteiger partial charge in [-0.15, -0.1) is 0 Å². The second kappa shape index (κ2) is 8.85. The van der Waals surface area contributed by atoms with Crippen LogP contribution in [0.1, 0.15) is 22.3 Å². The van der Waals surface area contributed by atoms with Crippen molar-refractivity contribution in [1.29, 1.82) is 0 Å². The summed E-state index contributed by atoms with van der Waals surface area (Å²) in [6.45, 7) is 0.372. The normalized spacial score (nSPS) is 15.1. The first kappa shape index (κ1) is 19.7. The number of nitrogens with zero attached hydrogens (tertiary/aromatic N) is 4. The van der Waals surface area contributed by atoms with Crippen molar-refractivity contribution in [3.05, 3.63) is 103 Å². The highest BCUT2D eigenvalue weighted by Gasteiger charge is 2.23. The predicted octanol–water partition coefficient (Wildman–Crippen LogP) is 3.86. The molecule has 0 bridgehead atoms. The van der Waals surface area contributed by atoms with Gasteiger partial charge in [-0.05, 0) is 28.8 Å². The summed E-state index contributed by atoms with van der Waals surface area (Å²) in [5.74, 6) is 0.508. The largest absolute Gasteiger partial charge is 0.390 e. The molecule has 5 rings (SSSR count). The van der Waals surface area contributed by atoms with Gasteiger partial charge in [0.2, 0.25) is 0 Å². The molecule has 2 aromatic heterocycles. The van der Waals surface area contributed by atoms with Gasteiger partial charge in [-0.1, -0.05) is 59.8 Å². The summed E-state index contributed by atoms with van der Waals surface area (Å²) in [5, 5.41) is 7.13. The zero-order valence-corrected chi connectivity index (χ0v) is 17.3. The highest BCUT2D eigenvalue weighted by Crippen LogP contribution is 2.22. The lowest BCUT2D eigenvalue weighted by Crippen LogP contribution is -2.32. The minimum absolute atomic E-state index is 0.194. The number of hydrogen-bond donors (Lipinski definition) is 1. The summed E-state index contributed by atoms with van der Waals surface area (Å²) in [4.78, 5) is 26.3. The fourth-order valence-electron chi connectivity index (χ4n) is 3.57. The molecule has 0 fully saturated rings. The summed E-state index contributed by atoms with van der Waals surface area (Å²) in [6, 6.07) is 22.0. The van der Waals surface area contributed by atoms with E-state index in [9.17, 15) is 4.79 Å². The lowest BCUT2D eigenvalue weighted by Gasteiger charge is -2.10. The summed E-state index contributed by atoms with van der Waals surface area (Å²) in [5.41, 5.74) is 4.74. The molecule has 0 unspecified atom stereocenters. The number of hydrogen-bond acceptors (Lipinski definition) is 5. The van der Waals surface area contributed by atoms with Crippen molar-refractivity contribution in [2.24, 2.45) is 5.16 Å². The van der Waals surface area contributed by atoms with Crippen molar-refractivity contribution in [3.63, 3.8) is 0 Å². The van der Waals surface area contributed by atoms with Crippen LogP contribution in [0.25, 0.3) is 16.9 Å². The lowest BCUT2D eigenvalue weighted by atomic mass is 10.00. The van der Waals surface area contributed by atoms with E-state index in [2.05, 4.69) is 56.8 Å². The molecule has 1 N–H and O–H groups in total. The number of carbonyl (C=O) groups excluding carboxylic acids is 1. The first-order chi connectivity index (χ1) is 15.8. The Morgan fingerprint density at radius 3 is 2.50 bits per heavy atom. The molecular formula is C25H21N5O2. The highest BCUT2D eigenvalue weighted by molar-refractivity contribution is 6.01. The molecule has 0 saturated carbocycles. The van der Waals surface area contributed by atoms with Crippen LogP contribution in [-0.2, 0) is 4.84 Å². The van der Waals surface area contributed by atoms with Crippen molar-refractivity contribution in [2.75, 3.05) is 6.54 Å². The first-order valence-corrected chi connectivity index (χ1v) is 10.4. The Labute approximate surface area is 185 Å². The Balaban J connectivity index is 1.14. The smallest absolute Gasteiger partial charge is 0.252 e. The molecule has 2 aromatic carbocycles. The molecule has 1 atom stereocenters. The van der Waals surface area contributed by atoms with Crippen LogP contribution < -0.4 is 5.32 Å². The topological polar surface area (TPSA) is 81.4 Å². The van der Waals surface area contributed by atoms with Gasteiger partial charge < -0.3 is 10.2 Å². The molecule has 7 heteroatoms. The standard InChI is InChI=1S/C25H21N5O2/c31-25(21-10-11-24(27-15-21)30-13-12-26-17-30)28-16-22-14-23(29-32-22)20-8-6-19(7-9-20)18-4-2-1-3-5-18/h1-13,15,17,22H,14,16H2,(H,28,31)/t22-/m0/s1. The van der Waals surface area contributed by atoms with E-state index >= 15 is 0 Å². The highest BCUT2D eigenvalue weighted by atomic mass is 16.6. The molecule has 0 saturated heterocycles. The van der Waals surface area contributed by atoms with Crippen molar-refractivity contribution >= 4 is 11.6 Å². The van der Waals surface area contributed by atoms with Crippen LogP contribution in [0.2, 0.25) is 0 Å². The number of imidazole rings is 1. The number of nitrogens with one attached hydrogen (secondary N) is 1. The van der Waals surface area contributed by atoms with E-state index in [0.717, 1.165) is 16.8 Å². The van der Waals surface area contributed by atoms with Gasteiger partial charge in [0.25, 0.3) is 5.91 Å². The van der Waals surface area contributed by atoms with E-state index < -0.39 is 0 Å². The molecule has 0 radical (unpaired) electrons. The zero-order chi connectivity index (χ0) is 21.8. The monoisotopic (exact) mass is 423 g/mol. The van der Waals surface area contributed by atoms with E-state index in [-0.39, 0.29) is 12.0 Å². The van der Waals surface area contributed by atoms with Crippen LogP contribution in [-0.4, -0.2) is 38.8 Å². The predicted molar refractivity (Wildman–Crippen MR) is 122 cm³/mol. The van der Waals surface area contributed by atoms with Crippen LogP contribution in [0.4, 0.5) is 0 Å². The van der Waals surface area contributed by atoms with Crippen LogP contribution in [0.15, 0.2) is 96.8 Å².